The molecule has 17 heavy (non-hydrogen) atoms. The first kappa shape index (κ1) is 13.8. The summed E-state index contributed by atoms with van der Waals surface area (Å²) >= 11 is 0. The lowest BCUT2D eigenvalue weighted by molar-refractivity contribution is 0.0491. The van der Waals surface area contributed by atoms with E-state index in [0.717, 1.165) is 25.3 Å². The second-order valence-electron chi connectivity index (χ2n) is 3.71. The predicted molar refractivity (Wildman–Crippen MR) is 67.5 cm³/mol. The van der Waals surface area contributed by atoms with Gasteiger partial charge in [-0.15, -0.1) is 0 Å². The first-order valence-electron chi connectivity index (χ1n) is 5.81. The fourth-order valence-electron chi connectivity index (χ4n) is 1.48. The molecular formula is C13H21NO3. The van der Waals surface area contributed by atoms with E-state index in [0.29, 0.717) is 5.75 Å². The molecule has 0 spiro atoms. The van der Waals surface area contributed by atoms with Gasteiger partial charge < -0.3 is 19.5 Å². The Balaban J connectivity index is 2.66. The molecule has 0 unspecified atom stereocenters. The fourth-order valence-corrected chi connectivity index (χ4v) is 1.48. The van der Waals surface area contributed by atoms with Crippen LogP contribution in [0.5, 0.6) is 11.5 Å². The van der Waals surface area contributed by atoms with Crippen LogP contribution in [0, 0.1) is 0 Å². The van der Waals surface area contributed by atoms with Crippen LogP contribution in [0.2, 0.25) is 0 Å². The second kappa shape index (κ2) is 7.92. The Hall–Kier alpha value is -1.26. The van der Waals surface area contributed by atoms with Crippen molar-refractivity contribution in [2.75, 3.05) is 27.6 Å². The Morgan fingerprint density at radius 3 is 2.65 bits per heavy atom. The molecule has 4 nitrogen and oxygen atoms in total. The molecule has 0 amide bonds. The van der Waals surface area contributed by atoms with E-state index in [1.165, 1.54) is 5.56 Å². The minimum Gasteiger partial charge on any atom is -0.493 e. The van der Waals surface area contributed by atoms with Crippen molar-refractivity contribution in [2.45, 2.75) is 19.9 Å². The molecule has 96 valence electrons. The highest BCUT2D eigenvalue weighted by atomic mass is 16.7. The third-order valence-electron chi connectivity index (χ3n) is 2.32. The van der Waals surface area contributed by atoms with E-state index in [4.69, 9.17) is 14.2 Å². The highest BCUT2D eigenvalue weighted by Gasteiger charge is 2.05. The summed E-state index contributed by atoms with van der Waals surface area (Å²) in [6.07, 6.45) is 1.13. The fraction of sp³-hybridized carbons (Fsp3) is 0.538. The van der Waals surface area contributed by atoms with Crippen LogP contribution >= 0.6 is 0 Å². The van der Waals surface area contributed by atoms with Gasteiger partial charge >= 0.3 is 0 Å². The van der Waals surface area contributed by atoms with Crippen molar-refractivity contribution < 1.29 is 14.2 Å². The number of ether oxygens (including phenoxy) is 3. The van der Waals surface area contributed by atoms with E-state index in [-0.39, 0.29) is 6.79 Å². The summed E-state index contributed by atoms with van der Waals surface area (Å²) in [5, 5.41) is 3.34. The lowest BCUT2D eigenvalue weighted by atomic mass is 10.2. The van der Waals surface area contributed by atoms with Gasteiger partial charge in [0.15, 0.2) is 18.3 Å². The summed E-state index contributed by atoms with van der Waals surface area (Å²) in [4.78, 5) is 0. The molecule has 0 aliphatic heterocycles. The van der Waals surface area contributed by atoms with Crippen LogP contribution in [-0.4, -0.2) is 27.6 Å². The summed E-state index contributed by atoms with van der Waals surface area (Å²) in [6, 6.07) is 5.91. The third kappa shape index (κ3) is 4.63. The Morgan fingerprint density at radius 1 is 1.18 bits per heavy atom. The van der Waals surface area contributed by atoms with E-state index in [2.05, 4.69) is 12.2 Å². The van der Waals surface area contributed by atoms with Crippen LogP contribution in [0.3, 0.4) is 0 Å². The molecule has 0 aliphatic carbocycles. The van der Waals surface area contributed by atoms with Gasteiger partial charge in [0, 0.05) is 13.7 Å². The van der Waals surface area contributed by atoms with Crippen LogP contribution in [0.4, 0.5) is 0 Å². The second-order valence-corrected chi connectivity index (χ2v) is 3.71. The number of nitrogens with one attached hydrogen (secondary N) is 1. The van der Waals surface area contributed by atoms with Gasteiger partial charge in [-0.05, 0) is 30.7 Å². The van der Waals surface area contributed by atoms with Crippen molar-refractivity contribution in [2.24, 2.45) is 0 Å². The van der Waals surface area contributed by atoms with Gasteiger partial charge in [0.2, 0.25) is 0 Å². The monoisotopic (exact) mass is 239 g/mol. The molecule has 0 saturated carbocycles. The van der Waals surface area contributed by atoms with Crippen molar-refractivity contribution in [3.8, 4) is 11.5 Å². The smallest absolute Gasteiger partial charge is 0.188 e. The summed E-state index contributed by atoms with van der Waals surface area (Å²) in [5.74, 6) is 1.44. The molecule has 0 bridgehead atoms. The van der Waals surface area contributed by atoms with Crippen molar-refractivity contribution in [1.82, 2.24) is 5.32 Å². The normalized spacial score (nSPS) is 10.3. The number of benzene rings is 1. The van der Waals surface area contributed by atoms with Crippen LogP contribution in [0.25, 0.3) is 0 Å². The van der Waals surface area contributed by atoms with Crippen LogP contribution in [0.1, 0.15) is 18.9 Å². The van der Waals surface area contributed by atoms with E-state index in [1.807, 2.05) is 18.2 Å². The van der Waals surface area contributed by atoms with E-state index in [1.54, 1.807) is 14.2 Å². The average molecular weight is 239 g/mol. The summed E-state index contributed by atoms with van der Waals surface area (Å²) < 4.78 is 15.6. The number of methoxy groups -OCH3 is 2. The Morgan fingerprint density at radius 2 is 2.00 bits per heavy atom. The summed E-state index contributed by atoms with van der Waals surface area (Å²) in [7, 11) is 3.23. The predicted octanol–water partition coefficient (Wildman–Crippen LogP) is 2.18. The Kier molecular flexibility index (Phi) is 6.43. The SMILES string of the molecule is CCCNCc1ccc(OC)c(OCOC)c1. The molecule has 1 rings (SSSR count). The average Bonchev–Trinajstić information content (AvgIpc) is 2.37. The zero-order valence-corrected chi connectivity index (χ0v) is 10.8. The highest BCUT2D eigenvalue weighted by molar-refractivity contribution is 5.42. The van der Waals surface area contributed by atoms with Crippen molar-refractivity contribution in [1.29, 1.82) is 0 Å². The first-order chi connectivity index (χ1) is 8.31. The van der Waals surface area contributed by atoms with Crippen molar-refractivity contribution in [3.05, 3.63) is 23.8 Å². The molecule has 0 radical (unpaired) electrons. The van der Waals surface area contributed by atoms with Crippen molar-refractivity contribution in [3.63, 3.8) is 0 Å². The standard InChI is InChI=1S/C13H21NO3/c1-4-7-14-9-11-5-6-12(16-3)13(8-11)17-10-15-2/h5-6,8,14H,4,7,9-10H2,1-3H3. The van der Waals surface area contributed by atoms with E-state index >= 15 is 0 Å². The topological polar surface area (TPSA) is 39.7 Å². The zero-order chi connectivity index (χ0) is 12.5. The molecule has 0 heterocycles. The quantitative estimate of drug-likeness (QED) is 0.557. The maximum absolute atomic E-state index is 5.45. The third-order valence-corrected chi connectivity index (χ3v) is 2.32. The van der Waals surface area contributed by atoms with Gasteiger partial charge in [-0.25, -0.2) is 0 Å². The first-order valence-corrected chi connectivity index (χ1v) is 5.81. The lowest BCUT2D eigenvalue weighted by Crippen LogP contribution is -2.13. The molecule has 0 saturated heterocycles. The van der Waals surface area contributed by atoms with Gasteiger partial charge in [0.25, 0.3) is 0 Å². The highest BCUT2D eigenvalue weighted by Crippen LogP contribution is 2.27. The number of rotatable bonds is 8. The van der Waals surface area contributed by atoms with Crippen LogP contribution in [0.15, 0.2) is 18.2 Å². The van der Waals surface area contributed by atoms with Crippen LogP contribution in [-0.2, 0) is 11.3 Å². The molecular weight excluding hydrogens is 218 g/mol. The van der Waals surface area contributed by atoms with Gasteiger partial charge in [0.1, 0.15) is 0 Å². The Labute approximate surface area is 103 Å². The van der Waals surface area contributed by atoms with Gasteiger partial charge in [-0.3, -0.25) is 0 Å². The minimum atomic E-state index is 0.224. The molecule has 0 fully saturated rings. The van der Waals surface area contributed by atoms with Crippen molar-refractivity contribution >= 4 is 0 Å². The minimum absolute atomic E-state index is 0.224. The molecule has 1 aromatic carbocycles. The van der Waals surface area contributed by atoms with E-state index < -0.39 is 0 Å². The Bertz CT molecular complexity index is 328. The summed E-state index contributed by atoms with van der Waals surface area (Å²) in [6.45, 7) is 4.22. The largest absolute Gasteiger partial charge is 0.493 e. The molecule has 0 aromatic heterocycles. The van der Waals surface area contributed by atoms with E-state index in [9.17, 15) is 0 Å². The molecule has 1 N–H and O–H groups in total. The maximum atomic E-state index is 5.45. The molecule has 0 aliphatic rings. The molecule has 4 heteroatoms. The van der Waals surface area contributed by atoms with Gasteiger partial charge in [0.05, 0.1) is 7.11 Å². The maximum Gasteiger partial charge on any atom is 0.188 e. The summed E-state index contributed by atoms with van der Waals surface area (Å²) in [5.41, 5.74) is 1.17. The number of hydrogen-bond donors (Lipinski definition) is 1. The van der Waals surface area contributed by atoms with Gasteiger partial charge in [-0.1, -0.05) is 13.0 Å². The molecule has 0 atom stereocenters. The van der Waals surface area contributed by atoms with Crippen LogP contribution < -0.4 is 14.8 Å². The lowest BCUT2D eigenvalue weighted by Gasteiger charge is -2.12. The zero-order valence-electron chi connectivity index (χ0n) is 10.8. The van der Waals surface area contributed by atoms with Gasteiger partial charge in [-0.2, -0.15) is 0 Å². The molecule has 1 aromatic rings. The number of hydrogen-bond acceptors (Lipinski definition) is 4.